The summed E-state index contributed by atoms with van der Waals surface area (Å²) >= 11 is 0. The van der Waals surface area contributed by atoms with Gasteiger partial charge in [-0.25, -0.2) is 19.9 Å². The number of fused-ring (bicyclic) bond motifs is 1. The molecule has 7 heteroatoms. The molecule has 0 spiro atoms. The fourth-order valence-electron chi connectivity index (χ4n) is 3.09. The van der Waals surface area contributed by atoms with E-state index in [0.717, 1.165) is 34.8 Å². The zero-order valence-electron chi connectivity index (χ0n) is 15.6. The van der Waals surface area contributed by atoms with Crippen LogP contribution in [0.1, 0.15) is 36.5 Å². The number of pyridine rings is 1. The van der Waals surface area contributed by atoms with E-state index in [0.29, 0.717) is 11.7 Å². The molecule has 7 nitrogen and oxygen atoms in total. The number of aryl methyl sites for hydroxylation is 2. The molecular weight excluding hydrogens is 338 g/mol. The van der Waals surface area contributed by atoms with E-state index in [2.05, 4.69) is 43.2 Å². The Kier molecular flexibility index (Phi) is 4.50. The number of nitrogens with zero attached hydrogens (tertiary/aromatic N) is 6. The summed E-state index contributed by atoms with van der Waals surface area (Å²) in [6, 6.07) is 7.84. The third kappa shape index (κ3) is 3.48. The Morgan fingerprint density at radius 2 is 1.93 bits per heavy atom. The standard InChI is InChI=1S/C20H21N7/c1-4-16(18-12-27-11-5-9-22-20(27)26-18)24-19-21-10-8-17(25-19)15-7-6-13(2)23-14(15)3/h5-12,16H,4H2,1-3H3,(H,21,24,25)/t16-/m0/s1. The zero-order valence-corrected chi connectivity index (χ0v) is 15.6. The molecule has 1 atom stereocenters. The van der Waals surface area contributed by atoms with Gasteiger partial charge in [-0.2, -0.15) is 0 Å². The van der Waals surface area contributed by atoms with E-state index in [9.17, 15) is 0 Å². The van der Waals surface area contributed by atoms with Crippen LogP contribution in [0.4, 0.5) is 5.95 Å². The third-order valence-electron chi connectivity index (χ3n) is 4.48. The summed E-state index contributed by atoms with van der Waals surface area (Å²) in [6.45, 7) is 6.09. The van der Waals surface area contributed by atoms with Gasteiger partial charge in [0.25, 0.3) is 0 Å². The molecule has 0 amide bonds. The van der Waals surface area contributed by atoms with Crippen molar-refractivity contribution in [3.63, 3.8) is 0 Å². The first-order valence-electron chi connectivity index (χ1n) is 8.98. The maximum Gasteiger partial charge on any atom is 0.233 e. The van der Waals surface area contributed by atoms with Crippen LogP contribution >= 0.6 is 0 Å². The van der Waals surface area contributed by atoms with E-state index in [1.54, 1.807) is 12.4 Å². The van der Waals surface area contributed by atoms with Crippen LogP contribution in [-0.4, -0.2) is 29.3 Å². The summed E-state index contributed by atoms with van der Waals surface area (Å²) in [5.74, 6) is 1.26. The van der Waals surface area contributed by atoms with Crippen molar-refractivity contribution in [1.82, 2.24) is 29.3 Å². The van der Waals surface area contributed by atoms with Crippen molar-refractivity contribution in [3.05, 3.63) is 66.1 Å². The number of imidazole rings is 1. The summed E-state index contributed by atoms with van der Waals surface area (Å²) in [5.41, 5.74) is 4.73. The molecule has 0 unspecified atom stereocenters. The van der Waals surface area contributed by atoms with E-state index >= 15 is 0 Å². The molecule has 1 N–H and O–H groups in total. The maximum atomic E-state index is 4.69. The Balaban J connectivity index is 1.63. The first kappa shape index (κ1) is 17.1. The number of aromatic nitrogens is 6. The second-order valence-corrected chi connectivity index (χ2v) is 6.45. The van der Waals surface area contributed by atoms with Gasteiger partial charge in [0.1, 0.15) is 0 Å². The van der Waals surface area contributed by atoms with E-state index in [1.807, 2.05) is 48.8 Å². The number of hydrogen-bond acceptors (Lipinski definition) is 6. The minimum Gasteiger partial charge on any atom is -0.346 e. The second kappa shape index (κ2) is 7.11. The summed E-state index contributed by atoms with van der Waals surface area (Å²) in [7, 11) is 0. The number of nitrogens with one attached hydrogen (secondary N) is 1. The van der Waals surface area contributed by atoms with Gasteiger partial charge < -0.3 is 5.32 Å². The summed E-state index contributed by atoms with van der Waals surface area (Å²) in [5, 5.41) is 3.40. The topological polar surface area (TPSA) is 80.9 Å². The minimum atomic E-state index is -0.000750. The largest absolute Gasteiger partial charge is 0.346 e. The average molecular weight is 359 g/mol. The third-order valence-corrected chi connectivity index (χ3v) is 4.48. The Bertz CT molecular complexity index is 1050. The molecule has 4 heterocycles. The molecule has 0 bridgehead atoms. The normalized spacial score (nSPS) is 12.3. The molecule has 27 heavy (non-hydrogen) atoms. The maximum absolute atomic E-state index is 4.69. The van der Waals surface area contributed by atoms with Gasteiger partial charge in [0, 0.05) is 41.7 Å². The molecule has 4 aromatic rings. The highest BCUT2D eigenvalue weighted by atomic mass is 15.1. The first-order valence-corrected chi connectivity index (χ1v) is 8.98. The number of anilines is 1. The molecule has 4 aromatic heterocycles. The minimum absolute atomic E-state index is 0.000750. The highest BCUT2D eigenvalue weighted by molar-refractivity contribution is 5.62. The lowest BCUT2D eigenvalue weighted by Gasteiger charge is -2.15. The van der Waals surface area contributed by atoms with Crippen molar-refractivity contribution >= 4 is 11.7 Å². The summed E-state index contributed by atoms with van der Waals surface area (Å²) in [4.78, 5) is 22.5. The monoisotopic (exact) mass is 359 g/mol. The predicted octanol–water partition coefficient (Wildman–Crippen LogP) is 3.76. The highest BCUT2D eigenvalue weighted by Gasteiger charge is 2.15. The van der Waals surface area contributed by atoms with Crippen LogP contribution in [0.3, 0.4) is 0 Å². The van der Waals surface area contributed by atoms with Crippen LogP contribution in [0.15, 0.2) is 49.1 Å². The van der Waals surface area contributed by atoms with Crippen LogP contribution in [0.25, 0.3) is 17.0 Å². The van der Waals surface area contributed by atoms with Crippen molar-refractivity contribution in [2.45, 2.75) is 33.2 Å². The van der Waals surface area contributed by atoms with E-state index < -0.39 is 0 Å². The molecule has 136 valence electrons. The lowest BCUT2D eigenvalue weighted by atomic mass is 10.1. The summed E-state index contributed by atoms with van der Waals surface area (Å²) in [6.07, 6.45) is 8.28. The fourth-order valence-corrected chi connectivity index (χ4v) is 3.09. The number of hydrogen-bond donors (Lipinski definition) is 1. The van der Waals surface area contributed by atoms with Gasteiger partial charge in [0.15, 0.2) is 0 Å². The Morgan fingerprint density at radius 3 is 2.70 bits per heavy atom. The van der Waals surface area contributed by atoms with Gasteiger partial charge in [-0.05, 0) is 44.5 Å². The Morgan fingerprint density at radius 1 is 1.04 bits per heavy atom. The molecule has 0 saturated carbocycles. The van der Waals surface area contributed by atoms with Gasteiger partial charge in [-0.3, -0.25) is 9.38 Å². The number of rotatable bonds is 5. The van der Waals surface area contributed by atoms with Crippen molar-refractivity contribution in [2.75, 3.05) is 5.32 Å². The van der Waals surface area contributed by atoms with Crippen LogP contribution in [0.5, 0.6) is 0 Å². The second-order valence-electron chi connectivity index (χ2n) is 6.45. The molecule has 0 aliphatic rings. The molecule has 0 aliphatic carbocycles. The molecule has 0 saturated heterocycles. The van der Waals surface area contributed by atoms with Gasteiger partial charge >= 0.3 is 0 Å². The predicted molar refractivity (Wildman–Crippen MR) is 104 cm³/mol. The van der Waals surface area contributed by atoms with Crippen LogP contribution < -0.4 is 5.32 Å². The molecular formula is C20H21N7. The van der Waals surface area contributed by atoms with Crippen LogP contribution in [0, 0.1) is 13.8 Å². The van der Waals surface area contributed by atoms with Gasteiger partial charge in [-0.1, -0.05) is 6.92 Å². The molecule has 0 aromatic carbocycles. The zero-order chi connectivity index (χ0) is 18.8. The molecule has 0 radical (unpaired) electrons. The van der Waals surface area contributed by atoms with Crippen LogP contribution in [-0.2, 0) is 0 Å². The van der Waals surface area contributed by atoms with Gasteiger partial charge in [0.2, 0.25) is 11.7 Å². The van der Waals surface area contributed by atoms with Gasteiger partial charge in [0.05, 0.1) is 17.4 Å². The first-order chi connectivity index (χ1) is 13.1. The lowest BCUT2D eigenvalue weighted by Crippen LogP contribution is -2.12. The lowest BCUT2D eigenvalue weighted by molar-refractivity contribution is 0.719. The van der Waals surface area contributed by atoms with E-state index in [1.165, 1.54) is 0 Å². The van der Waals surface area contributed by atoms with Gasteiger partial charge in [-0.15, -0.1) is 0 Å². The Labute approximate surface area is 157 Å². The van der Waals surface area contributed by atoms with Crippen molar-refractivity contribution in [1.29, 1.82) is 0 Å². The molecule has 0 aliphatic heterocycles. The van der Waals surface area contributed by atoms with E-state index in [4.69, 9.17) is 0 Å². The smallest absolute Gasteiger partial charge is 0.233 e. The van der Waals surface area contributed by atoms with E-state index in [-0.39, 0.29) is 6.04 Å². The molecule has 0 fully saturated rings. The quantitative estimate of drug-likeness (QED) is 0.584. The molecule has 4 rings (SSSR count). The Hall–Kier alpha value is -3.35. The SMILES string of the molecule is CC[C@H](Nc1nccc(-c2ccc(C)nc2C)n1)c1cn2cccnc2n1. The van der Waals surface area contributed by atoms with Crippen LogP contribution in [0.2, 0.25) is 0 Å². The fraction of sp³-hybridized carbons (Fsp3) is 0.250. The van der Waals surface area contributed by atoms with Crippen molar-refractivity contribution < 1.29 is 0 Å². The average Bonchev–Trinajstić information content (AvgIpc) is 3.10. The van der Waals surface area contributed by atoms with Crippen molar-refractivity contribution in [3.8, 4) is 11.3 Å². The van der Waals surface area contributed by atoms with Crippen molar-refractivity contribution in [2.24, 2.45) is 0 Å². The summed E-state index contributed by atoms with van der Waals surface area (Å²) < 4.78 is 1.91. The highest BCUT2D eigenvalue weighted by Crippen LogP contribution is 2.24.